The molecule has 1 rings (SSSR count). The molecule has 0 aliphatic heterocycles. The molecule has 19 heavy (non-hydrogen) atoms. The molecule has 0 amide bonds. The summed E-state index contributed by atoms with van der Waals surface area (Å²) in [5.74, 6) is 0.857. The minimum absolute atomic E-state index is 0.222. The van der Waals surface area contributed by atoms with Gasteiger partial charge in [-0.1, -0.05) is 31.8 Å². The molecule has 0 aliphatic rings. The average molecular weight is 282 g/mol. The summed E-state index contributed by atoms with van der Waals surface area (Å²) in [4.78, 5) is 0. The zero-order valence-corrected chi connectivity index (χ0v) is 13.5. The van der Waals surface area contributed by atoms with E-state index in [1.807, 2.05) is 19.1 Å². The van der Waals surface area contributed by atoms with Gasteiger partial charge in [-0.3, -0.25) is 0 Å². The van der Waals surface area contributed by atoms with Crippen molar-refractivity contribution in [3.63, 3.8) is 0 Å². The van der Waals surface area contributed by atoms with E-state index in [1.165, 1.54) is 5.56 Å². The van der Waals surface area contributed by atoms with Gasteiger partial charge in [-0.15, -0.1) is 0 Å². The largest absolute Gasteiger partial charge is 0.491 e. The van der Waals surface area contributed by atoms with Gasteiger partial charge >= 0.3 is 0 Å². The third-order valence-electron chi connectivity index (χ3n) is 3.21. The normalized spacial score (nSPS) is 13.3. The first-order chi connectivity index (χ1) is 8.99. The van der Waals surface area contributed by atoms with Gasteiger partial charge in [-0.05, 0) is 24.6 Å². The van der Waals surface area contributed by atoms with Crippen molar-refractivity contribution in [2.75, 3.05) is 26.4 Å². The van der Waals surface area contributed by atoms with Crippen molar-refractivity contribution in [1.82, 2.24) is 0 Å². The van der Waals surface area contributed by atoms with Crippen LogP contribution in [0.3, 0.4) is 0 Å². The molecule has 0 saturated heterocycles. The molecule has 108 valence electrons. The maximum atomic E-state index is 9.57. The second-order valence-electron chi connectivity index (χ2n) is 5.72. The van der Waals surface area contributed by atoms with Crippen molar-refractivity contribution in [3.05, 3.63) is 29.8 Å². The van der Waals surface area contributed by atoms with E-state index in [-0.39, 0.29) is 12.1 Å². The smallest absolute Gasteiger partial charge is 0.119 e. The summed E-state index contributed by atoms with van der Waals surface area (Å²) in [6.07, 6.45) is 0. The molecule has 1 atom stereocenters. The fraction of sp³-hybridized carbons (Fsp3) is 0.600. The van der Waals surface area contributed by atoms with Crippen molar-refractivity contribution < 1.29 is 14.6 Å². The molecular formula is C15H26O3Si. The van der Waals surface area contributed by atoms with Crippen molar-refractivity contribution in [2.45, 2.75) is 32.1 Å². The summed E-state index contributed by atoms with van der Waals surface area (Å²) < 4.78 is 10.8. The predicted molar refractivity (Wildman–Crippen MR) is 81.6 cm³/mol. The highest BCUT2D eigenvalue weighted by Crippen LogP contribution is 2.27. The second-order valence-corrected chi connectivity index (χ2v) is 11.1. The number of benzene rings is 1. The van der Waals surface area contributed by atoms with Gasteiger partial charge in [0.25, 0.3) is 0 Å². The van der Waals surface area contributed by atoms with E-state index in [4.69, 9.17) is 9.47 Å². The van der Waals surface area contributed by atoms with Gasteiger partial charge in [-0.25, -0.2) is 0 Å². The van der Waals surface area contributed by atoms with Crippen LogP contribution < -0.4 is 4.74 Å². The summed E-state index contributed by atoms with van der Waals surface area (Å²) in [5, 5.41) is 9.57. The van der Waals surface area contributed by atoms with Crippen LogP contribution in [0.25, 0.3) is 0 Å². The Labute approximate surface area is 117 Å². The van der Waals surface area contributed by atoms with Crippen LogP contribution >= 0.6 is 0 Å². The Balaban J connectivity index is 2.60. The lowest BCUT2D eigenvalue weighted by atomic mass is 10.1. The highest BCUT2D eigenvalue weighted by Gasteiger charge is 2.27. The monoisotopic (exact) mass is 282 g/mol. The van der Waals surface area contributed by atoms with E-state index in [1.54, 1.807) is 0 Å². The number of rotatable bonds is 8. The second kappa shape index (κ2) is 7.67. The van der Waals surface area contributed by atoms with E-state index in [0.717, 1.165) is 12.4 Å². The summed E-state index contributed by atoms with van der Waals surface area (Å²) in [6.45, 7) is 10.9. The number of hydrogen-bond donors (Lipinski definition) is 1. The molecule has 0 saturated carbocycles. The molecule has 1 aromatic carbocycles. The molecule has 0 aliphatic carbocycles. The number of aliphatic hydroxyl groups excluding tert-OH is 1. The van der Waals surface area contributed by atoms with Crippen molar-refractivity contribution in [1.29, 1.82) is 0 Å². The van der Waals surface area contributed by atoms with Crippen LogP contribution in [0.4, 0.5) is 0 Å². The molecule has 0 aromatic heterocycles. The first-order valence-corrected chi connectivity index (χ1v) is 10.5. The van der Waals surface area contributed by atoms with E-state index < -0.39 is 8.07 Å². The third-order valence-corrected chi connectivity index (χ3v) is 5.82. The fourth-order valence-corrected chi connectivity index (χ4v) is 3.78. The van der Waals surface area contributed by atoms with Crippen LogP contribution in [-0.2, 0) is 4.74 Å². The summed E-state index contributed by atoms with van der Waals surface area (Å²) in [6, 6.07) is 8.08. The first-order valence-electron chi connectivity index (χ1n) is 6.90. The molecule has 1 aromatic rings. The minimum Gasteiger partial charge on any atom is -0.491 e. The van der Waals surface area contributed by atoms with E-state index in [2.05, 4.69) is 31.8 Å². The zero-order chi connectivity index (χ0) is 14.3. The van der Waals surface area contributed by atoms with Crippen LogP contribution in [-0.4, -0.2) is 39.6 Å². The number of hydrogen-bond acceptors (Lipinski definition) is 3. The maximum Gasteiger partial charge on any atom is 0.119 e. The van der Waals surface area contributed by atoms with Gasteiger partial charge in [0.2, 0.25) is 0 Å². The first kappa shape index (κ1) is 16.2. The SMILES string of the molecule is CCOCCOc1ccc(C(CO)[Si](C)(C)C)cc1. The summed E-state index contributed by atoms with van der Waals surface area (Å²) >= 11 is 0. The minimum atomic E-state index is -1.39. The molecule has 0 radical (unpaired) electrons. The highest BCUT2D eigenvalue weighted by molar-refractivity contribution is 6.77. The Morgan fingerprint density at radius 2 is 1.74 bits per heavy atom. The molecular weight excluding hydrogens is 256 g/mol. The number of aliphatic hydroxyl groups is 1. The van der Waals surface area contributed by atoms with E-state index >= 15 is 0 Å². The maximum absolute atomic E-state index is 9.57. The Kier molecular flexibility index (Phi) is 6.55. The van der Waals surface area contributed by atoms with Crippen LogP contribution in [0.5, 0.6) is 5.75 Å². The Hall–Kier alpha value is -0.843. The molecule has 1 N–H and O–H groups in total. The highest BCUT2D eigenvalue weighted by atomic mass is 28.3. The Morgan fingerprint density at radius 3 is 2.21 bits per heavy atom. The number of ether oxygens (including phenoxy) is 2. The van der Waals surface area contributed by atoms with E-state index in [0.29, 0.717) is 13.2 Å². The third kappa shape index (κ3) is 5.34. The zero-order valence-electron chi connectivity index (χ0n) is 12.5. The summed E-state index contributed by atoms with van der Waals surface area (Å²) in [7, 11) is -1.39. The van der Waals surface area contributed by atoms with Crippen LogP contribution in [0.2, 0.25) is 19.6 Å². The lowest BCUT2D eigenvalue weighted by Crippen LogP contribution is -2.33. The van der Waals surface area contributed by atoms with Gasteiger partial charge in [0.05, 0.1) is 14.7 Å². The molecule has 0 bridgehead atoms. The van der Waals surface area contributed by atoms with Crippen molar-refractivity contribution in [2.24, 2.45) is 0 Å². The topological polar surface area (TPSA) is 38.7 Å². The molecule has 3 nitrogen and oxygen atoms in total. The van der Waals surface area contributed by atoms with Crippen molar-refractivity contribution in [3.8, 4) is 5.75 Å². The van der Waals surface area contributed by atoms with E-state index in [9.17, 15) is 5.11 Å². The molecule has 0 spiro atoms. The average Bonchev–Trinajstić information content (AvgIpc) is 2.35. The molecule has 1 unspecified atom stereocenters. The Morgan fingerprint density at radius 1 is 1.11 bits per heavy atom. The van der Waals surface area contributed by atoms with Gasteiger partial charge < -0.3 is 14.6 Å². The van der Waals surface area contributed by atoms with Crippen LogP contribution in [0, 0.1) is 0 Å². The lowest BCUT2D eigenvalue weighted by Gasteiger charge is -2.27. The standard InChI is InChI=1S/C15H26O3Si/c1-5-17-10-11-18-14-8-6-13(7-9-14)15(12-16)19(2,3)4/h6-9,15-16H,5,10-12H2,1-4H3. The van der Waals surface area contributed by atoms with Gasteiger partial charge in [0.15, 0.2) is 0 Å². The quantitative estimate of drug-likeness (QED) is 0.588. The fourth-order valence-electron chi connectivity index (χ4n) is 2.04. The predicted octanol–water partition coefficient (Wildman–Crippen LogP) is 3.06. The van der Waals surface area contributed by atoms with Gasteiger partial charge in [0, 0.05) is 18.8 Å². The Bertz CT molecular complexity index is 357. The molecule has 0 fully saturated rings. The molecule has 0 heterocycles. The van der Waals surface area contributed by atoms with Gasteiger partial charge in [0.1, 0.15) is 12.4 Å². The van der Waals surface area contributed by atoms with Gasteiger partial charge in [-0.2, -0.15) is 0 Å². The lowest BCUT2D eigenvalue weighted by molar-refractivity contribution is 0.110. The summed E-state index contributed by atoms with van der Waals surface area (Å²) in [5.41, 5.74) is 1.49. The van der Waals surface area contributed by atoms with Crippen LogP contribution in [0.15, 0.2) is 24.3 Å². The van der Waals surface area contributed by atoms with Crippen molar-refractivity contribution >= 4 is 8.07 Å². The van der Waals surface area contributed by atoms with Crippen LogP contribution in [0.1, 0.15) is 18.0 Å². The molecule has 4 heteroatoms.